The van der Waals surface area contributed by atoms with Gasteiger partial charge in [0, 0.05) is 6.04 Å². The van der Waals surface area contributed by atoms with E-state index in [2.05, 4.69) is 0 Å². The molecule has 1 fully saturated rings. The van der Waals surface area contributed by atoms with Gasteiger partial charge in [0.2, 0.25) is 0 Å². The maximum absolute atomic E-state index is 11.2. The van der Waals surface area contributed by atoms with E-state index >= 15 is 0 Å². The second-order valence-corrected chi connectivity index (χ2v) is 5.17. The molecule has 0 saturated carbocycles. The first-order chi connectivity index (χ1) is 5.45. The molecule has 70 valence electrons. The third-order valence-electron chi connectivity index (χ3n) is 1.99. The highest BCUT2D eigenvalue weighted by atomic mass is 32.2. The first-order valence-electron chi connectivity index (χ1n) is 3.65. The Balaban J connectivity index is 2.97. The van der Waals surface area contributed by atoms with Gasteiger partial charge in [-0.05, 0) is 12.8 Å². The highest BCUT2D eigenvalue weighted by Gasteiger charge is 2.40. The second-order valence-electron chi connectivity index (χ2n) is 2.93. The van der Waals surface area contributed by atoms with Crippen molar-refractivity contribution in [2.24, 2.45) is 5.73 Å². The van der Waals surface area contributed by atoms with Crippen LogP contribution in [0.3, 0.4) is 0 Å². The minimum atomic E-state index is -3.50. The Bertz CT molecular complexity index is 284. The fourth-order valence-electron chi connectivity index (χ4n) is 1.40. The summed E-state index contributed by atoms with van der Waals surface area (Å²) in [6, 6.07) is -0.749. The normalized spacial score (nSPS) is 34.4. The molecule has 0 aliphatic carbocycles. The lowest BCUT2D eigenvalue weighted by atomic mass is 10.1. The van der Waals surface area contributed by atoms with Gasteiger partial charge in [-0.25, -0.2) is 8.42 Å². The lowest BCUT2D eigenvalue weighted by Crippen LogP contribution is -2.50. The molecule has 6 heteroatoms. The van der Waals surface area contributed by atoms with Crippen molar-refractivity contribution in [3.8, 4) is 0 Å². The van der Waals surface area contributed by atoms with Crippen LogP contribution in [-0.4, -0.2) is 36.5 Å². The number of carbonyl (C=O) groups is 1. The summed E-state index contributed by atoms with van der Waals surface area (Å²) in [6.45, 7) is 0. The summed E-state index contributed by atoms with van der Waals surface area (Å²) < 4.78 is 22.3. The predicted octanol–water partition coefficient (Wildman–Crippen LogP) is -1.02. The Morgan fingerprint density at radius 3 is 2.42 bits per heavy atom. The van der Waals surface area contributed by atoms with E-state index in [-0.39, 0.29) is 5.75 Å². The Hall–Kier alpha value is -0.620. The van der Waals surface area contributed by atoms with Gasteiger partial charge in [0.15, 0.2) is 15.1 Å². The van der Waals surface area contributed by atoms with E-state index in [1.807, 2.05) is 0 Å². The number of carboxylic acid groups (broad SMARTS) is 1. The van der Waals surface area contributed by atoms with Gasteiger partial charge >= 0.3 is 5.97 Å². The lowest BCUT2D eigenvalue weighted by molar-refractivity contribution is -0.137. The summed E-state index contributed by atoms with van der Waals surface area (Å²) in [5, 5.41) is 7.19. The first kappa shape index (κ1) is 9.47. The van der Waals surface area contributed by atoms with Gasteiger partial charge in [-0.3, -0.25) is 4.79 Å². The molecule has 1 rings (SSSR count). The summed E-state index contributed by atoms with van der Waals surface area (Å²) in [6.07, 6.45) is 0.934. The molecule has 0 bridgehead atoms. The monoisotopic (exact) mass is 193 g/mol. The average molecular weight is 193 g/mol. The third kappa shape index (κ3) is 1.59. The highest BCUT2D eigenvalue weighted by molar-refractivity contribution is 7.92. The molecule has 0 aromatic carbocycles. The van der Waals surface area contributed by atoms with Crippen LogP contribution >= 0.6 is 0 Å². The zero-order valence-electron chi connectivity index (χ0n) is 6.43. The fraction of sp³-hybridized carbons (Fsp3) is 0.833. The molecule has 0 aromatic rings. The van der Waals surface area contributed by atoms with Crippen molar-refractivity contribution in [3.05, 3.63) is 0 Å². The number of hydrogen-bond donors (Lipinski definition) is 2. The standard InChI is InChI=1S/C6H11NO4S/c7-4-2-1-3-12(10,11)5(4)6(8)9/h4-5H,1-3,7H2,(H,8,9). The molecule has 0 amide bonds. The van der Waals surface area contributed by atoms with Gasteiger partial charge < -0.3 is 10.8 Å². The van der Waals surface area contributed by atoms with Crippen LogP contribution in [-0.2, 0) is 14.6 Å². The van der Waals surface area contributed by atoms with Crippen LogP contribution in [0.25, 0.3) is 0 Å². The maximum atomic E-state index is 11.2. The van der Waals surface area contributed by atoms with Crippen molar-refractivity contribution in [1.29, 1.82) is 0 Å². The van der Waals surface area contributed by atoms with Crippen molar-refractivity contribution in [2.75, 3.05) is 5.75 Å². The maximum Gasteiger partial charge on any atom is 0.323 e. The van der Waals surface area contributed by atoms with Crippen LogP contribution in [0, 0.1) is 0 Å². The molecule has 1 saturated heterocycles. The largest absolute Gasteiger partial charge is 0.480 e. The van der Waals surface area contributed by atoms with Crippen molar-refractivity contribution in [2.45, 2.75) is 24.1 Å². The topological polar surface area (TPSA) is 97.5 Å². The zero-order valence-corrected chi connectivity index (χ0v) is 7.25. The van der Waals surface area contributed by atoms with Crippen molar-refractivity contribution in [1.82, 2.24) is 0 Å². The molecule has 2 atom stereocenters. The van der Waals surface area contributed by atoms with Crippen LogP contribution < -0.4 is 5.73 Å². The van der Waals surface area contributed by atoms with Crippen LogP contribution in [0.2, 0.25) is 0 Å². The Morgan fingerprint density at radius 2 is 2.08 bits per heavy atom. The fourth-order valence-corrected chi connectivity index (χ4v) is 3.20. The second kappa shape index (κ2) is 3.02. The van der Waals surface area contributed by atoms with E-state index in [0.29, 0.717) is 12.8 Å². The van der Waals surface area contributed by atoms with Crippen LogP contribution in [0.4, 0.5) is 0 Å². The molecule has 5 nitrogen and oxygen atoms in total. The molecule has 1 aliphatic heterocycles. The van der Waals surface area contributed by atoms with Gasteiger partial charge in [0.05, 0.1) is 5.75 Å². The lowest BCUT2D eigenvalue weighted by Gasteiger charge is -2.24. The van der Waals surface area contributed by atoms with E-state index in [1.54, 1.807) is 0 Å². The summed E-state index contributed by atoms with van der Waals surface area (Å²) >= 11 is 0. The minimum Gasteiger partial charge on any atom is -0.480 e. The van der Waals surface area contributed by atoms with Gasteiger partial charge in [-0.2, -0.15) is 0 Å². The number of aliphatic carboxylic acids is 1. The molecule has 0 spiro atoms. The average Bonchev–Trinajstić information content (AvgIpc) is 1.82. The van der Waals surface area contributed by atoms with Crippen molar-refractivity contribution < 1.29 is 18.3 Å². The molecule has 1 aliphatic rings. The summed E-state index contributed by atoms with van der Waals surface area (Å²) in [7, 11) is -3.50. The Labute approximate surface area is 70.5 Å². The minimum absolute atomic E-state index is 0.0579. The molecular weight excluding hydrogens is 182 g/mol. The van der Waals surface area contributed by atoms with Crippen molar-refractivity contribution in [3.63, 3.8) is 0 Å². The predicted molar refractivity (Wildman–Crippen MR) is 42.4 cm³/mol. The van der Waals surface area contributed by atoms with Gasteiger partial charge in [-0.15, -0.1) is 0 Å². The molecular formula is C6H11NO4S. The summed E-state index contributed by atoms with van der Waals surface area (Å²) in [4.78, 5) is 10.5. The quantitative estimate of drug-likeness (QED) is 0.555. The van der Waals surface area contributed by atoms with Gasteiger partial charge in [-0.1, -0.05) is 0 Å². The Kier molecular flexibility index (Phi) is 2.39. The molecule has 2 unspecified atom stereocenters. The number of carboxylic acids is 1. The molecule has 1 heterocycles. The number of sulfone groups is 1. The molecule has 0 radical (unpaired) electrons. The van der Waals surface area contributed by atoms with Gasteiger partial charge in [0.25, 0.3) is 0 Å². The number of hydrogen-bond acceptors (Lipinski definition) is 4. The Morgan fingerprint density at radius 1 is 1.50 bits per heavy atom. The van der Waals surface area contributed by atoms with Gasteiger partial charge in [0.1, 0.15) is 0 Å². The van der Waals surface area contributed by atoms with Crippen LogP contribution in [0.1, 0.15) is 12.8 Å². The first-order valence-corrected chi connectivity index (χ1v) is 5.36. The van der Waals surface area contributed by atoms with E-state index in [9.17, 15) is 13.2 Å². The number of rotatable bonds is 1. The van der Waals surface area contributed by atoms with E-state index < -0.39 is 27.1 Å². The third-order valence-corrected chi connectivity index (χ3v) is 4.17. The molecule has 12 heavy (non-hydrogen) atoms. The van der Waals surface area contributed by atoms with E-state index in [1.165, 1.54) is 0 Å². The van der Waals surface area contributed by atoms with E-state index in [4.69, 9.17) is 10.8 Å². The summed E-state index contributed by atoms with van der Waals surface area (Å²) in [5.74, 6) is -1.39. The van der Waals surface area contributed by atoms with Crippen LogP contribution in [0.5, 0.6) is 0 Å². The molecule has 0 aromatic heterocycles. The molecule has 3 N–H and O–H groups in total. The van der Waals surface area contributed by atoms with Crippen LogP contribution in [0.15, 0.2) is 0 Å². The highest BCUT2D eigenvalue weighted by Crippen LogP contribution is 2.18. The van der Waals surface area contributed by atoms with E-state index in [0.717, 1.165) is 0 Å². The number of nitrogens with two attached hydrogens (primary N) is 1. The summed E-state index contributed by atoms with van der Waals surface area (Å²) in [5.41, 5.74) is 5.40. The smallest absolute Gasteiger partial charge is 0.323 e. The zero-order chi connectivity index (χ0) is 9.35. The van der Waals surface area contributed by atoms with Crippen molar-refractivity contribution >= 4 is 15.8 Å². The SMILES string of the molecule is NC1CCCS(=O)(=O)C1C(=O)O.